The largest absolute Gasteiger partial charge is 0.396 e. The molecule has 0 aliphatic rings. The maximum Gasteiger partial charge on any atom is 0.0717 e. The first-order valence-electron chi connectivity index (χ1n) is 6.27. The van der Waals surface area contributed by atoms with Gasteiger partial charge in [-0.2, -0.15) is 0 Å². The summed E-state index contributed by atoms with van der Waals surface area (Å²) in [6, 6.07) is 17.5. The van der Waals surface area contributed by atoms with Crippen LogP contribution in [-0.2, 0) is 11.3 Å². The van der Waals surface area contributed by atoms with Crippen molar-refractivity contribution in [3.05, 3.63) is 70.7 Å². The molecule has 100 valence electrons. The summed E-state index contributed by atoms with van der Waals surface area (Å²) in [5, 5.41) is 10.1. The zero-order chi connectivity index (χ0) is 13.5. The fourth-order valence-electron chi connectivity index (χ4n) is 1.91. The number of benzene rings is 2. The van der Waals surface area contributed by atoms with Crippen LogP contribution in [0.15, 0.2) is 54.6 Å². The number of aliphatic hydroxyl groups excluding tert-OH is 1. The van der Waals surface area contributed by atoms with E-state index in [0.29, 0.717) is 18.2 Å². The predicted molar refractivity (Wildman–Crippen MR) is 77.4 cm³/mol. The van der Waals surface area contributed by atoms with Crippen LogP contribution < -0.4 is 0 Å². The van der Waals surface area contributed by atoms with Gasteiger partial charge >= 0.3 is 0 Å². The van der Waals surface area contributed by atoms with Crippen LogP contribution in [0.3, 0.4) is 0 Å². The molecular formula is C16H17ClO2. The van der Waals surface area contributed by atoms with Crippen LogP contribution in [0.4, 0.5) is 0 Å². The van der Waals surface area contributed by atoms with Crippen molar-refractivity contribution in [1.82, 2.24) is 0 Å². The molecular weight excluding hydrogens is 260 g/mol. The van der Waals surface area contributed by atoms with Gasteiger partial charge in [-0.3, -0.25) is 0 Å². The molecule has 1 N–H and O–H groups in total. The first kappa shape index (κ1) is 14.1. The summed E-state index contributed by atoms with van der Waals surface area (Å²) < 4.78 is 5.66. The monoisotopic (exact) mass is 276 g/mol. The van der Waals surface area contributed by atoms with E-state index in [-0.39, 0.29) is 12.5 Å². The van der Waals surface area contributed by atoms with Crippen LogP contribution in [0.25, 0.3) is 0 Å². The van der Waals surface area contributed by atoms with Gasteiger partial charge in [0.25, 0.3) is 0 Å². The van der Waals surface area contributed by atoms with E-state index in [1.165, 1.54) is 0 Å². The summed E-state index contributed by atoms with van der Waals surface area (Å²) in [5.41, 5.74) is 2.13. The van der Waals surface area contributed by atoms with E-state index in [1.54, 1.807) is 0 Å². The summed E-state index contributed by atoms with van der Waals surface area (Å²) >= 11 is 5.95. The van der Waals surface area contributed by atoms with Gasteiger partial charge in [0.1, 0.15) is 0 Å². The first-order chi connectivity index (χ1) is 9.29. The van der Waals surface area contributed by atoms with E-state index in [1.807, 2.05) is 54.6 Å². The molecule has 0 heterocycles. The molecule has 0 aromatic heterocycles. The van der Waals surface area contributed by atoms with Gasteiger partial charge in [-0.05, 0) is 23.3 Å². The Hall–Kier alpha value is -1.35. The lowest BCUT2D eigenvalue weighted by atomic mass is 10.0. The van der Waals surface area contributed by atoms with Crippen LogP contribution in [0.5, 0.6) is 0 Å². The van der Waals surface area contributed by atoms with Crippen molar-refractivity contribution in [3.63, 3.8) is 0 Å². The Kier molecular flexibility index (Phi) is 5.40. The highest BCUT2D eigenvalue weighted by atomic mass is 35.5. The SMILES string of the molecule is OCC(COCc1ccccc1)c1cccc(Cl)c1. The van der Waals surface area contributed by atoms with Gasteiger partial charge in [-0.25, -0.2) is 0 Å². The number of hydrogen-bond acceptors (Lipinski definition) is 2. The minimum absolute atomic E-state index is 0.0394. The zero-order valence-electron chi connectivity index (χ0n) is 10.6. The van der Waals surface area contributed by atoms with Gasteiger partial charge in [0, 0.05) is 10.9 Å². The van der Waals surface area contributed by atoms with Gasteiger partial charge in [0.05, 0.1) is 19.8 Å². The topological polar surface area (TPSA) is 29.5 Å². The van der Waals surface area contributed by atoms with Crippen molar-refractivity contribution in [3.8, 4) is 0 Å². The fraction of sp³-hybridized carbons (Fsp3) is 0.250. The lowest BCUT2D eigenvalue weighted by Crippen LogP contribution is -2.12. The van der Waals surface area contributed by atoms with Gasteiger partial charge in [0.2, 0.25) is 0 Å². The van der Waals surface area contributed by atoms with Gasteiger partial charge in [0.15, 0.2) is 0 Å². The zero-order valence-corrected chi connectivity index (χ0v) is 11.4. The van der Waals surface area contributed by atoms with E-state index in [4.69, 9.17) is 16.3 Å². The molecule has 0 radical (unpaired) electrons. The average Bonchev–Trinajstić information content (AvgIpc) is 2.45. The summed E-state index contributed by atoms with van der Waals surface area (Å²) in [6.07, 6.45) is 0. The molecule has 0 aliphatic heterocycles. The third-order valence-electron chi connectivity index (χ3n) is 2.97. The quantitative estimate of drug-likeness (QED) is 0.873. The minimum atomic E-state index is -0.0394. The molecule has 1 atom stereocenters. The molecule has 0 bridgehead atoms. The van der Waals surface area contributed by atoms with Crippen molar-refractivity contribution in [2.24, 2.45) is 0 Å². The van der Waals surface area contributed by atoms with E-state index in [9.17, 15) is 5.11 Å². The Morgan fingerprint density at radius 1 is 1.05 bits per heavy atom. The predicted octanol–water partition coefficient (Wildman–Crippen LogP) is 3.63. The fourth-order valence-corrected chi connectivity index (χ4v) is 2.11. The van der Waals surface area contributed by atoms with Crippen molar-refractivity contribution in [1.29, 1.82) is 0 Å². The molecule has 0 spiro atoms. The molecule has 0 fully saturated rings. The third kappa shape index (κ3) is 4.35. The van der Waals surface area contributed by atoms with E-state index in [2.05, 4.69) is 0 Å². The Morgan fingerprint density at radius 3 is 2.53 bits per heavy atom. The summed E-state index contributed by atoms with van der Waals surface area (Å²) in [6.45, 7) is 1.08. The molecule has 2 rings (SSSR count). The lowest BCUT2D eigenvalue weighted by molar-refractivity contribution is 0.0882. The maximum atomic E-state index is 9.44. The normalized spacial score (nSPS) is 12.3. The number of hydrogen-bond donors (Lipinski definition) is 1. The molecule has 2 aromatic rings. The minimum Gasteiger partial charge on any atom is -0.396 e. The molecule has 3 heteroatoms. The summed E-state index contributed by atoms with van der Waals surface area (Å²) in [7, 11) is 0. The van der Waals surface area contributed by atoms with Crippen LogP contribution in [-0.4, -0.2) is 18.3 Å². The molecule has 19 heavy (non-hydrogen) atoms. The third-order valence-corrected chi connectivity index (χ3v) is 3.21. The lowest BCUT2D eigenvalue weighted by Gasteiger charge is -2.15. The summed E-state index contributed by atoms with van der Waals surface area (Å²) in [4.78, 5) is 0. The molecule has 2 nitrogen and oxygen atoms in total. The Labute approximate surface area is 118 Å². The van der Waals surface area contributed by atoms with Gasteiger partial charge < -0.3 is 9.84 Å². The summed E-state index contributed by atoms with van der Waals surface area (Å²) in [5.74, 6) is -0.0394. The second-order valence-electron chi connectivity index (χ2n) is 4.44. The van der Waals surface area contributed by atoms with Crippen LogP contribution in [0, 0.1) is 0 Å². The highest BCUT2D eigenvalue weighted by Gasteiger charge is 2.11. The molecule has 0 saturated carbocycles. The van der Waals surface area contributed by atoms with Gasteiger partial charge in [-0.1, -0.05) is 54.1 Å². The number of rotatable bonds is 6. The van der Waals surface area contributed by atoms with Crippen molar-refractivity contribution < 1.29 is 9.84 Å². The van der Waals surface area contributed by atoms with E-state index in [0.717, 1.165) is 11.1 Å². The highest BCUT2D eigenvalue weighted by molar-refractivity contribution is 6.30. The number of aliphatic hydroxyl groups is 1. The number of ether oxygens (including phenoxy) is 1. The van der Waals surface area contributed by atoms with Crippen molar-refractivity contribution in [2.45, 2.75) is 12.5 Å². The number of halogens is 1. The average molecular weight is 277 g/mol. The Balaban J connectivity index is 1.89. The second kappa shape index (κ2) is 7.29. The van der Waals surface area contributed by atoms with Gasteiger partial charge in [-0.15, -0.1) is 0 Å². The van der Waals surface area contributed by atoms with Crippen LogP contribution in [0.1, 0.15) is 17.0 Å². The Bertz CT molecular complexity index is 499. The molecule has 0 aliphatic carbocycles. The molecule has 1 unspecified atom stereocenters. The van der Waals surface area contributed by atoms with Crippen LogP contribution >= 0.6 is 11.6 Å². The first-order valence-corrected chi connectivity index (χ1v) is 6.65. The molecule has 0 amide bonds. The van der Waals surface area contributed by atoms with E-state index >= 15 is 0 Å². The smallest absolute Gasteiger partial charge is 0.0717 e. The van der Waals surface area contributed by atoms with Crippen molar-refractivity contribution in [2.75, 3.05) is 13.2 Å². The second-order valence-corrected chi connectivity index (χ2v) is 4.87. The molecule has 0 saturated heterocycles. The highest BCUT2D eigenvalue weighted by Crippen LogP contribution is 2.20. The standard InChI is InChI=1S/C16H17ClO2/c17-16-8-4-7-14(9-16)15(10-18)12-19-11-13-5-2-1-3-6-13/h1-9,15,18H,10-12H2. The molecule has 2 aromatic carbocycles. The maximum absolute atomic E-state index is 9.44. The van der Waals surface area contributed by atoms with Crippen LogP contribution in [0.2, 0.25) is 5.02 Å². The van der Waals surface area contributed by atoms with E-state index < -0.39 is 0 Å². The van der Waals surface area contributed by atoms with Crippen molar-refractivity contribution >= 4 is 11.6 Å². The Morgan fingerprint density at radius 2 is 1.84 bits per heavy atom.